The molecule has 1 saturated heterocycles. The normalized spacial score (nSPS) is 19.6. The fourth-order valence-electron chi connectivity index (χ4n) is 4.02. The van der Waals surface area contributed by atoms with Gasteiger partial charge in [0.2, 0.25) is 0 Å². The van der Waals surface area contributed by atoms with Crippen LogP contribution in [0, 0.1) is 0 Å². The number of hydrogen-bond donors (Lipinski definition) is 0. The standard InChI is InChI=1S/C23H18Br2F3N/c24-18-7-1-15(2-8-18)21-13-14-22(16-3-9-19(25)10-4-16)29(21)20-11-5-17(6-12-20)23(26,27)28/h1-12,21-22H,13-14H2/t21-,22-/m1/s1. The zero-order chi connectivity index (χ0) is 20.6. The summed E-state index contributed by atoms with van der Waals surface area (Å²) < 4.78 is 41.1. The molecule has 0 saturated carbocycles. The fourth-order valence-corrected chi connectivity index (χ4v) is 4.55. The molecule has 0 aliphatic carbocycles. The van der Waals surface area contributed by atoms with Crippen LogP contribution >= 0.6 is 31.9 Å². The van der Waals surface area contributed by atoms with Crippen LogP contribution in [0.4, 0.5) is 18.9 Å². The molecule has 0 amide bonds. The molecule has 3 aromatic rings. The first-order valence-corrected chi connectivity index (χ1v) is 10.9. The molecule has 0 radical (unpaired) electrons. The van der Waals surface area contributed by atoms with Gasteiger partial charge in [0.15, 0.2) is 0 Å². The molecule has 29 heavy (non-hydrogen) atoms. The molecule has 6 heteroatoms. The lowest BCUT2D eigenvalue weighted by molar-refractivity contribution is -0.137. The van der Waals surface area contributed by atoms with Crippen LogP contribution in [0.25, 0.3) is 0 Å². The van der Waals surface area contributed by atoms with E-state index in [1.54, 1.807) is 12.1 Å². The summed E-state index contributed by atoms with van der Waals surface area (Å²) in [5.74, 6) is 0. The first-order chi connectivity index (χ1) is 13.8. The average molecular weight is 525 g/mol. The van der Waals surface area contributed by atoms with Crippen molar-refractivity contribution in [3.05, 3.63) is 98.4 Å². The fraction of sp³-hybridized carbons (Fsp3) is 0.217. The molecule has 0 unspecified atom stereocenters. The van der Waals surface area contributed by atoms with Gasteiger partial charge in [0.05, 0.1) is 17.6 Å². The summed E-state index contributed by atoms with van der Waals surface area (Å²) in [4.78, 5) is 2.26. The van der Waals surface area contributed by atoms with E-state index in [1.807, 2.05) is 24.3 Å². The van der Waals surface area contributed by atoms with Gasteiger partial charge in [-0.3, -0.25) is 0 Å². The molecule has 0 aromatic heterocycles. The summed E-state index contributed by atoms with van der Waals surface area (Å²) >= 11 is 6.94. The third kappa shape index (κ3) is 4.38. The minimum atomic E-state index is -4.33. The van der Waals surface area contributed by atoms with Gasteiger partial charge in [0, 0.05) is 14.6 Å². The average Bonchev–Trinajstić information content (AvgIpc) is 3.13. The minimum absolute atomic E-state index is 0.105. The van der Waals surface area contributed by atoms with E-state index in [2.05, 4.69) is 61.0 Å². The van der Waals surface area contributed by atoms with Gasteiger partial charge in [-0.05, 0) is 72.5 Å². The van der Waals surface area contributed by atoms with Crippen molar-refractivity contribution >= 4 is 37.5 Å². The minimum Gasteiger partial charge on any atom is -0.357 e. The Labute approximate surface area is 184 Å². The summed E-state index contributed by atoms with van der Waals surface area (Å²) in [6.45, 7) is 0. The molecule has 4 rings (SSSR count). The second-order valence-electron chi connectivity index (χ2n) is 7.16. The first-order valence-electron chi connectivity index (χ1n) is 9.29. The largest absolute Gasteiger partial charge is 0.416 e. The summed E-state index contributed by atoms with van der Waals surface area (Å²) in [6, 6.07) is 22.1. The maximum absolute atomic E-state index is 13.0. The lowest BCUT2D eigenvalue weighted by Crippen LogP contribution is -2.26. The summed E-state index contributed by atoms with van der Waals surface area (Å²) in [7, 11) is 0. The highest BCUT2D eigenvalue weighted by atomic mass is 79.9. The van der Waals surface area contributed by atoms with Crippen molar-refractivity contribution in [2.45, 2.75) is 31.1 Å². The van der Waals surface area contributed by atoms with E-state index in [4.69, 9.17) is 0 Å². The monoisotopic (exact) mass is 523 g/mol. The SMILES string of the molecule is FC(F)(F)c1ccc(N2[C@@H](c3ccc(Br)cc3)CC[C@@H]2c2ccc(Br)cc2)cc1. The maximum Gasteiger partial charge on any atom is 0.416 e. The summed E-state index contributed by atoms with van der Waals surface area (Å²) in [5, 5.41) is 0. The van der Waals surface area contributed by atoms with Crippen molar-refractivity contribution in [2.75, 3.05) is 4.90 Å². The Morgan fingerprint density at radius 2 is 1.07 bits per heavy atom. The van der Waals surface area contributed by atoms with Gasteiger partial charge in [0.25, 0.3) is 0 Å². The van der Waals surface area contributed by atoms with Crippen LogP contribution in [0.15, 0.2) is 81.7 Å². The van der Waals surface area contributed by atoms with Gasteiger partial charge in [0.1, 0.15) is 0 Å². The molecule has 1 aliphatic rings. The van der Waals surface area contributed by atoms with Crippen LogP contribution in [0.1, 0.15) is 41.6 Å². The Kier molecular flexibility index (Phi) is 5.76. The Morgan fingerprint density at radius 1 is 0.655 bits per heavy atom. The molecule has 0 N–H and O–H groups in total. The van der Waals surface area contributed by atoms with Crippen LogP contribution in [0.2, 0.25) is 0 Å². The third-order valence-corrected chi connectivity index (χ3v) is 6.44. The number of alkyl halides is 3. The van der Waals surface area contributed by atoms with Gasteiger partial charge in [-0.15, -0.1) is 0 Å². The van der Waals surface area contributed by atoms with Gasteiger partial charge in [-0.1, -0.05) is 56.1 Å². The van der Waals surface area contributed by atoms with Crippen molar-refractivity contribution in [3.63, 3.8) is 0 Å². The molecule has 0 spiro atoms. The van der Waals surface area contributed by atoms with Crippen LogP contribution in [-0.4, -0.2) is 0 Å². The highest BCUT2D eigenvalue weighted by Crippen LogP contribution is 2.47. The predicted molar refractivity (Wildman–Crippen MR) is 117 cm³/mol. The highest BCUT2D eigenvalue weighted by Gasteiger charge is 2.36. The number of nitrogens with zero attached hydrogens (tertiary/aromatic N) is 1. The number of benzene rings is 3. The van der Waals surface area contributed by atoms with E-state index in [-0.39, 0.29) is 12.1 Å². The van der Waals surface area contributed by atoms with E-state index < -0.39 is 11.7 Å². The summed E-state index contributed by atoms with van der Waals surface area (Å²) in [5.41, 5.74) is 2.50. The molecule has 1 fully saturated rings. The second kappa shape index (κ2) is 8.15. The van der Waals surface area contributed by atoms with Crippen molar-refractivity contribution in [1.29, 1.82) is 0 Å². The summed E-state index contributed by atoms with van der Waals surface area (Å²) in [6.07, 6.45) is -2.47. The molecular formula is C23H18Br2F3N. The zero-order valence-electron chi connectivity index (χ0n) is 15.3. The molecule has 1 aliphatic heterocycles. The molecule has 0 bridgehead atoms. The number of halogens is 5. The molecule has 2 atom stereocenters. The van der Waals surface area contributed by atoms with Crippen molar-refractivity contribution in [3.8, 4) is 0 Å². The van der Waals surface area contributed by atoms with E-state index in [1.165, 1.54) is 12.1 Å². The first kappa shape index (κ1) is 20.5. The molecule has 150 valence electrons. The lowest BCUT2D eigenvalue weighted by atomic mass is 10.0. The van der Waals surface area contributed by atoms with Gasteiger partial charge < -0.3 is 4.90 Å². The van der Waals surface area contributed by atoms with Gasteiger partial charge in [-0.25, -0.2) is 0 Å². The van der Waals surface area contributed by atoms with E-state index in [0.717, 1.165) is 38.6 Å². The van der Waals surface area contributed by atoms with Crippen LogP contribution < -0.4 is 4.90 Å². The van der Waals surface area contributed by atoms with Crippen LogP contribution in [-0.2, 0) is 6.18 Å². The quantitative estimate of drug-likeness (QED) is 0.333. The van der Waals surface area contributed by atoms with Gasteiger partial charge >= 0.3 is 6.18 Å². The molecule has 3 aromatic carbocycles. The number of rotatable bonds is 3. The topological polar surface area (TPSA) is 3.24 Å². The van der Waals surface area contributed by atoms with E-state index >= 15 is 0 Å². The van der Waals surface area contributed by atoms with Gasteiger partial charge in [-0.2, -0.15) is 13.2 Å². The molecule has 1 heterocycles. The van der Waals surface area contributed by atoms with E-state index in [9.17, 15) is 13.2 Å². The molecule has 1 nitrogen and oxygen atoms in total. The predicted octanol–water partition coefficient (Wildman–Crippen LogP) is 8.31. The van der Waals surface area contributed by atoms with Crippen molar-refractivity contribution in [2.24, 2.45) is 0 Å². The van der Waals surface area contributed by atoms with Crippen LogP contribution in [0.5, 0.6) is 0 Å². The third-order valence-electron chi connectivity index (χ3n) is 5.39. The second-order valence-corrected chi connectivity index (χ2v) is 9.00. The number of anilines is 1. The highest BCUT2D eigenvalue weighted by molar-refractivity contribution is 9.10. The Balaban J connectivity index is 1.74. The lowest BCUT2D eigenvalue weighted by Gasteiger charge is -2.33. The molecular weight excluding hydrogens is 507 g/mol. The van der Waals surface area contributed by atoms with E-state index in [0.29, 0.717) is 0 Å². The Morgan fingerprint density at radius 3 is 1.45 bits per heavy atom. The van der Waals surface area contributed by atoms with Crippen molar-refractivity contribution < 1.29 is 13.2 Å². The smallest absolute Gasteiger partial charge is 0.357 e. The number of hydrogen-bond acceptors (Lipinski definition) is 1. The van der Waals surface area contributed by atoms with Crippen molar-refractivity contribution in [1.82, 2.24) is 0 Å². The Hall–Kier alpha value is -1.79. The van der Waals surface area contributed by atoms with Crippen LogP contribution in [0.3, 0.4) is 0 Å². The maximum atomic E-state index is 13.0. The Bertz CT molecular complexity index is 914. The zero-order valence-corrected chi connectivity index (χ0v) is 18.5.